The lowest BCUT2D eigenvalue weighted by Crippen LogP contribution is -2.71. The van der Waals surface area contributed by atoms with Crippen molar-refractivity contribution in [2.75, 3.05) is 33.5 Å². The van der Waals surface area contributed by atoms with Crippen LogP contribution in [0.25, 0.3) is 10.8 Å². The molecule has 5 fully saturated rings. The monoisotopic (exact) mass is 825 g/mol. The van der Waals surface area contributed by atoms with E-state index in [1.165, 1.54) is 23.1 Å². The van der Waals surface area contributed by atoms with E-state index < -0.39 is 86.4 Å². The van der Waals surface area contributed by atoms with Crippen LogP contribution in [0, 0.1) is 23.7 Å². The molecule has 17 heteroatoms. The molecule has 1 aromatic heterocycles. The van der Waals surface area contributed by atoms with Crippen LogP contribution in [-0.4, -0.2) is 120 Å². The molecule has 3 aliphatic carbocycles. The van der Waals surface area contributed by atoms with Crippen molar-refractivity contribution >= 4 is 44.6 Å². The van der Waals surface area contributed by atoms with Crippen LogP contribution in [0.5, 0.6) is 11.6 Å². The Hall–Kier alpha value is -4.51. The number of amides is 4. The van der Waals surface area contributed by atoms with E-state index in [-0.39, 0.29) is 63.2 Å². The third-order valence-corrected chi connectivity index (χ3v) is 15.6. The largest absolute Gasteiger partial charge is 0.494 e. The molecule has 3 aliphatic heterocycles. The van der Waals surface area contributed by atoms with Crippen LogP contribution >= 0.6 is 0 Å². The maximum atomic E-state index is 15.3. The van der Waals surface area contributed by atoms with E-state index >= 15 is 4.79 Å². The molecule has 58 heavy (non-hydrogen) atoms. The van der Waals surface area contributed by atoms with Gasteiger partial charge in [-0.3, -0.25) is 24.0 Å². The van der Waals surface area contributed by atoms with Crippen molar-refractivity contribution in [1.29, 1.82) is 0 Å². The van der Waals surface area contributed by atoms with Crippen LogP contribution in [-0.2, 0) is 29.1 Å². The van der Waals surface area contributed by atoms with Crippen LogP contribution in [0.1, 0.15) is 71.6 Å². The van der Waals surface area contributed by atoms with Gasteiger partial charge in [-0.2, -0.15) is 0 Å². The summed E-state index contributed by atoms with van der Waals surface area (Å²) in [7, 11) is -2.87. The number of allylic oxidation sites excluding steroid dienone is 1. The molecule has 6 aliphatic rings. The molecule has 0 bridgehead atoms. The fourth-order valence-corrected chi connectivity index (χ4v) is 11.0. The van der Waals surface area contributed by atoms with Gasteiger partial charge in [0, 0.05) is 23.1 Å². The summed E-state index contributed by atoms with van der Waals surface area (Å²) < 4.78 is 58.5. The molecule has 1 aromatic carbocycles. The zero-order valence-corrected chi connectivity index (χ0v) is 33.8. The Labute approximate surface area is 337 Å². The molecule has 314 valence electrons. The van der Waals surface area contributed by atoms with Crippen molar-refractivity contribution in [3.8, 4) is 11.6 Å². The Kier molecular flexibility index (Phi) is 10.4. The van der Waals surface area contributed by atoms with Gasteiger partial charge in [-0.15, -0.1) is 0 Å². The van der Waals surface area contributed by atoms with Gasteiger partial charge in [-0.25, -0.2) is 22.6 Å². The molecule has 8 rings (SSSR count). The van der Waals surface area contributed by atoms with Crippen LogP contribution < -0.4 is 19.5 Å². The molecule has 15 nitrogen and oxygen atoms in total. The summed E-state index contributed by atoms with van der Waals surface area (Å²) >= 11 is 0. The first-order valence-corrected chi connectivity index (χ1v) is 21.8. The summed E-state index contributed by atoms with van der Waals surface area (Å²) in [6, 6.07) is 4.93. The Balaban J connectivity index is 1.17. The van der Waals surface area contributed by atoms with E-state index in [1.54, 1.807) is 6.08 Å². The second-order valence-electron chi connectivity index (χ2n) is 17.5. The minimum atomic E-state index is -4.41. The number of aromatic nitrogens is 1. The number of alkyl halides is 1. The summed E-state index contributed by atoms with van der Waals surface area (Å²) in [5.41, 5.74) is -2.57. The van der Waals surface area contributed by atoms with Crippen LogP contribution in [0.15, 0.2) is 42.6 Å². The first-order chi connectivity index (χ1) is 27.7. The predicted molar refractivity (Wildman–Crippen MR) is 208 cm³/mol. The predicted octanol–water partition coefficient (Wildman–Crippen LogP) is 3.95. The minimum absolute atomic E-state index is 0.0355. The topological polar surface area (TPSA) is 194 Å². The van der Waals surface area contributed by atoms with Crippen molar-refractivity contribution in [3.05, 3.63) is 42.6 Å². The molecule has 4 heterocycles. The first kappa shape index (κ1) is 40.3. The van der Waals surface area contributed by atoms with Crippen LogP contribution in [0.2, 0.25) is 0 Å². The SMILES string of the molecule is COc1cnc(O[C@@H]2C[C@H]3C(=O)N[C@]4(C(=O)NS(=O)(=O)C5(CF)CC5)C[C@H]4C=CCC[C@H](C)C[C@@H](C)[C@H](N(C(=O)O)C4(C5CC5)COC4)C(=O)N3C2)c2ccccc12. The highest BCUT2D eigenvalue weighted by atomic mass is 32.2. The number of halogens is 1. The van der Waals surface area contributed by atoms with Gasteiger partial charge in [0.15, 0.2) is 0 Å². The number of methoxy groups -OCH3 is 1. The van der Waals surface area contributed by atoms with E-state index in [9.17, 15) is 32.3 Å². The maximum Gasteiger partial charge on any atom is 0.408 e. The number of ether oxygens (including phenoxy) is 3. The lowest BCUT2D eigenvalue weighted by molar-refractivity contribution is -0.171. The lowest BCUT2D eigenvalue weighted by atomic mass is 9.82. The number of hydrogen-bond donors (Lipinski definition) is 3. The second kappa shape index (κ2) is 14.9. The van der Waals surface area contributed by atoms with Gasteiger partial charge in [0.2, 0.25) is 27.7 Å². The lowest BCUT2D eigenvalue weighted by Gasteiger charge is -2.53. The Bertz CT molecular complexity index is 2120. The molecule has 0 spiro atoms. The van der Waals surface area contributed by atoms with Crippen LogP contribution in [0.3, 0.4) is 0 Å². The number of nitrogens with zero attached hydrogens (tertiary/aromatic N) is 3. The number of sulfonamides is 1. The fraction of sp³-hybridized carbons (Fsp3) is 0.634. The van der Waals surface area contributed by atoms with Crippen molar-refractivity contribution in [2.45, 2.75) is 106 Å². The first-order valence-electron chi connectivity index (χ1n) is 20.3. The molecule has 4 amide bonds. The average molecular weight is 826 g/mol. The van der Waals surface area contributed by atoms with E-state index in [0.717, 1.165) is 18.2 Å². The standard InChI is InChI=1S/C41H52FN5O10S/c1-24-8-4-5-9-27-18-41(27,37(50)45-58(53,54)39(21-42)14-15-39)44-34(48)31-17-28(57-35-30-11-7-6-10-29(30)32(55-3)19-43-35)20-46(31)36(49)33(25(2)16-24)47(38(51)52)40(22-56-23-40)26-12-13-26/h5-7,9-11,19,24-28,31,33H,4,8,12-18,20-23H2,1-3H3,(H,44,48)(H,45,50)(H,51,52)/t24-,25+,27+,28+,31-,33-,41+/m0/s1. The molecule has 7 atom stereocenters. The molecule has 3 N–H and O–H groups in total. The molecule has 2 aromatic rings. The number of fused-ring (bicyclic) bond motifs is 3. The molecule has 0 radical (unpaired) electrons. The summed E-state index contributed by atoms with van der Waals surface area (Å²) in [5, 5.41) is 15.2. The number of hydrogen-bond acceptors (Lipinski definition) is 10. The summed E-state index contributed by atoms with van der Waals surface area (Å²) in [4.78, 5) is 64.7. The third kappa shape index (κ3) is 6.94. The van der Waals surface area contributed by atoms with Crippen molar-refractivity contribution < 1.29 is 51.3 Å². The average Bonchev–Trinajstić information content (AvgIpc) is 4.09. The van der Waals surface area contributed by atoms with E-state index in [4.69, 9.17) is 14.2 Å². The fourth-order valence-electron chi connectivity index (χ4n) is 9.54. The van der Waals surface area contributed by atoms with Gasteiger partial charge in [0.05, 0.1) is 38.6 Å². The Morgan fingerprint density at radius 2 is 1.84 bits per heavy atom. The number of rotatable bonds is 10. The Morgan fingerprint density at radius 1 is 1.12 bits per heavy atom. The van der Waals surface area contributed by atoms with Crippen molar-refractivity contribution in [3.63, 3.8) is 0 Å². The third-order valence-electron chi connectivity index (χ3n) is 13.4. The molecule has 3 saturated carbocycles. The van der Waals surface area contributed by atoms with E-state index in [2.05, 4.69) is 21.9 Å². The van der Waals surface area contributed by atoms with Crippen molar-refractivity contribution in [2.24, 2.45) is 23.7 Å². The number of nitrogens with one attached hydrogen (secondary N) is 2. The molecule has 2 saturated heterocycles. The Morgan fingerprint density at radius 3 is 2.47 bits per heavy atom. The zero-order chi connectivity index (χ0) is 41.2. The number of benzene rings is 1. The molecular formula is C41H52FN5O10S. The quantitative estimate of drug-likeness (QED) is 0.294. The van der Waals surface area contributed by atoms with E-state index in [0.29, 0.717) is 30.4 Å². The van der Waals surface area contributed by atoms with Gasteiger partial charge in [-0.1, -0.05) is 44.2 Å². The van der Waals surface area contributed by atoms with Gasteiger partial charge < -0.3 is 29.5 Å². The highest BCUT2D eigenvalue weighted by Crippen LogP contribution is 2.50. The number of carboxylic acid groups (broad SMARTS) is 1. The van der Waals surface area contributed by atoms with Gasteiger partial charge in [0.25, 0.3) is 5.91 Å². The minimum Gasteiger partial charge on any atom is -0.494 e. The molecular weight excluding hydrogens is 774 g/mol. The zero-order valence-electron chi connectivity index (χ0n) is 33.0. The van der Waals surface area contributed by atoms with Crippen molar-refractivity contribution in [1.82, 2.24) is 24.8 Å². The second-order valence-corrected chi connectivity index (χ2v) is 19.6. The highest BCUT2D eigenvalue weighted by Gasteiger charge is 2.65. The number of carbonyl (C=O) groups excluding carboxylic acids is 3. The van der Waals surface area contributed by atoms with Gasteiger partial charge in [0.1, 0.15) is 40.9 Å². The summed E-state index contributed by atoms with van der Waals surface area (Å²) in [6.45, 7) is 3.02. The smallest absolute Gasteiger partial charge is 0.408 e. The van der Waals surface area contributed by atoms with Gasteiger partial charge in [-0.05, 0) is 75.2 Å². The van der Waals surface area contributed by atoms with Crippen LogP contribution in [0.4, 0.5) is 9.18 Å². The van der Waals surface area contributed by atoms with E-state index in [1.807, 2.05) is 37.3 Å². The normalized spacial score (nSPS) is 31.7. The number of carbonyl (C=O) groups is 4. The summed E-state index contributed by atoms with van der Waals surface area (Å²) in [5.74, 6) is -2.39. The number of pyridine rings is 1. The molecule has 0 unspecified atom stereocenters. The summed E-state index contributed by atoms with van der Waals surface area (Å²) in [6.07, 6.45) is 6.85. The highest BCUT2D eigenvalue weighted by molar-refractivity contribution is 7.91. The maximum absolute atomic E-state index is 15.3. The van der Waals surface area contributed by atoms with Gasteiger partial charge >= 0.3 is 6.09 Å².